The summed E-state index contributed by atoms with van der Waals surface area (Å²) >= 11 is 1.57. The number of carbonyl (C=O) groups is 2. The van der Waals surface area contributed by atoms with Crippen LogP contribution in [0.4, 0.5) is 0 Å². The van der Waals surface area contributed by atoms with E-state index in [1.807, 2.05) is 35.8 Å². The molecule has 0 saturated carbocycles. The molecule has 0 unspecified atom stereocenters. The smallest absolute Gasteiger partial charge is 0.291 e. The number of nitrogens with zero attached hydrogens (tertiary/aromatic N) is 4. The van der Waals surface area contributed by atoms with Crippen molar-refractivity contribution in [2.24, 2.45) is 0 Å². The minimum absolute atomic E-state index is 0.0158. The van der Waals surface area contributed by atoms with Gasteiger partial charge in [0.05, 0.1) is 0 Å². The van der Waals surface area contributed by atoms with Gasteiger partial charge < -0.3 is 10.2 Å². The molecule has 4 heterocycles. The molecular weight excluding hydrogens is 390 g/mol. The molecule has 1 aliphatic rings. The average Bonchev–Trinajstić information content (AvgIpc) is 3.25. The minimum Gasteiger partial charge on any atom is -0.350 e. The van der Waals surface area contributed by atoms with Crippen LogP contribution in [0.25, 0.3) is 15.7 Å². The van der Waals surface area contributed by atoms with E-state index in [0.717, 1.165) is 35.4 Å². The molecule has 3 aromatic rings. The van der Waals surface area contributed by atoms with E-state index in [4.69, 9.17) is 0 Å². The first-order valence-corrected chi connectivity index (χ1v) is 10.8. The van der Waals surface area contributed by atoms with Gasteiger partial charge in [0.2, 0.25) is 11.8 Å². The van der Waals surface area contributed by atoms with Crippen LogP contribution in [0.1, 0.15) is 45.4 Å². The predicted molar refractivity (Wildman–Crippen MR) is 112 cm³/mol. The highest BCUT2D eigenvalue weighted by atomic mass is 32.1. The number of nitrogens with one attached hydrogen (secondary N) is 1. The highest BCUT2D eigenvalue weighted by molar-refractivity contribution is 7.16. The molecule has 8 nitrogen and oxygen atoms in total. The Bertz CT molecular complexity index is 1140. The molecule has 1 fully saturated rings. The molecule has 4 rings (SSSR count). The highest BCUT2D eigenvalue weighted by Crippen LogP contribution is 2.26. The Kier molecular flexibility index (Phi) is 5.16. The number of thiophene rings is 1. The minimum atomic E-state index is -0.276. The maximum absolute atomic E-state index is 13.0. The van der Waals surface area contributed by atoms with Crippen molar-refractivity contribution in [2.75, 3.05) is 13.1 Å². The quantitative estimate of drug-likeness (QED) is 0.706. The zero-order valence-electron chi connectivity index (χ0n) is 16.8. The number of amides is 2. The molecule has 0 spiro atoms. The summed E-state index contributed by atoms with van der Waals surface area (Å²) < 4.78 is 3.17. The van der Waals surface area contributed by atoms with E-state index in [1.54, 1.807) is 23.2 Å². The normalized spacial score (nSPS) is 17.4. The Labute approximate surface area is 172 Å². The van der Waals surface area contributed by atoms with Crippen LogP contribution in [0.5, 0.6) is 0 Å². The molecule has 0 aliphatic carbocycles. The Morgan fingerprint density at radius 2 is 2.17 bits per heavy atom. The maximum atomic E-state index is 13.0. The number of carbonyl (C=O) groups excluding carboxylic acids is 2. The van der Waals surface area contributed by atoms with Crippen molar-refractivity contribution in [1.82, 2.24) is 24.4 Å². The molecule has 0 aromatic carbocycles. The molecule has 2 amide bonds. The molecular formula is C20H25N5O3S. The highest BCUT2D eigenvalue weighted by Gasteiger charge is 2.24. The second kappa shape index (κ2) is 7.62. The van der Waals surface area contributed by atoms with Gasteiger partial charge in [0.1, 0.15) is 22.7 Å². The zero-order valence-corrected chi connectivity index (χ0v) is 17.7. The second-order valence-electron chi connectivity index (χ2n) is 7.89. The van der Waals surface area contributed by atoms with Crippen LogP contribution >= 0.6 is 11.3 Å². The van der Waals surface area contributed by atoms with Gasteiger partial charge in [0.25, 0.3) is 5.56 Å². The van der Waals surface area contributed by atoms with Gasteiger partial charge in [-0.05, 0) is 30.4 Å². The summed E-state index contributed by atoms with van der Waals surface area (Å²) in [4.78, 5) is 40.0. The van der Waals surface area contributed by atoms with Crippen molar-refractivity contribution in [1.29, 1.82) is 0 Å². The number of likely N-dealkylation sites (tertiary alicyclic amines) is 1. The van der Waals surface area contributed by atoms with Crippen molar-refractivity contribution in [2.45, 2.75) is 52.1 Å². The van der Waals surface area contributed by atoms with E-state index < -0.39 is 0 Å². The lowest BCUT2D eigenvalue weighted by atomic mass is 10.1. The van der Waals surface area contributed by atoms with Gasteiger partial charge in [0, 0.05) is 37.4 Å². The van der Waals surface area contributed by atoms with Crippen LogP contribution in [0.15, 0.2) is 22.3 Å². The van der Waals surface area contributed by atoms with Gasteiger partial charge in [0.15, 0.2) is 0 Å². The molecule has 3 aromatic heterocycles. The SMILES string of the molecule is CC(=O)N1CCC[C@@H](NC(=O)Cn2nc(C(C)C)n3c(cc4ccsc43)c2=O)C1. The first kappa shape index (κ1) is 19.6. The van der Waals surface area contributed by atoms with Gasteiger partial charge in [-0.15, -0.1) is 11.3 Å². The van der Waals surface area contributed by atoms with E-state index in [-0.39, 0.29) is 35.9 Å². The molecule has 1 N–H and O–H groups in total. The van der Waals surface area contributed by atoms with E-state index in [1.165, 1.54) is 4.68 Å². The Morgan fingerprint density at radius 1 is 1.38 bits per heavy atom. The summed E-state index contributed by atoms with van der Waals surface area (Å²) in [5, 5.41) is 10.5. The summed E-state index contributed by atoms with van der Waals surface area (Å²) in [6, 6.07) is 3.75. The summed E-state index contributed by atoms with van der Waals surface area (Å²) in [6.45, 7) is 6.68. The van der Waals surface area contributed by atoms with E-state index in [2.05, 4.69) is 10.4 Å². The Morgan fingerprint density at radius 3 is 2.90 bits per heavy atom. The summed E-state index contributed by atoms with van der Waals surface area (Å²) in [6.07, 6.45) is 1.68. The number of piperidine rings is 1. The van der Waals surface area contributed by atoms with E-state index in [9.17, 15) is 14.4 Å². The van der Waals surface area contributed by atoms with Crippen molar-refractivity contribution in [3.8, 4) is 0 Å². The van der Waals surface area contributed by atoms with Gasteiger partial charge in [-0.2, -0.15) is 5.10 Å². The van der Waals surface area contributed by atoms with Crippen LogP contribution in [0.2, 0.25) is 0 Å². The third-order valence-corrected chi connectivity index (χ3v) is 6.27. The van der Waals surface area contributed by atoms with Crippen LogP contribution in [0, 0.1) is 0 Å². The second-order valence-corrected chi connectivity index (χ2v) is 8.79. The Hall–Kier alpha value is -2.68. The fraction of sp³-hybridized carbons (Fsp3) is 0.500. The standard InChI is InChI=1S/C20H25N5O3S/c1-12(2)18-22-24(19(28)16-9-14-6-8-29-20(14)25(16)18)11-17(27)21-15-5-4-7-23(10-15)13(3)26/h6,8-9,12,15H,4-5,7,10-11H2,1-3H3,(H,21,27)/t15-/m1/s1. The number of hydrogen-bond acceptors (Lipinski definition) is 5. The van der Waals surface area contributed by atoms with Gasteiger partial charge in [-0.25, -0.2) is 4.68 Å². The van der Waals surface area contributed by atoms with Crippen LogP contribution in [-0.2, 0) is 16.1 Å². The van der Waals surface area contributed by atoms with Gasteiger partial charge in [-0.1, -0.05) is 13.8 Å². The molecule has 1 atom stereocenters. The van der Waals surface area contributed by atoms with Crippen molar-refractivity contribution >= 4 is 38.9 Å². The largest absolute Gasteiger partial charge is 0.350 e. The molecule has 29 heavy (non-hydrogen) atoms. The van der Waals surface area contributed by atoms with Crippen molar-refractivity contribution in [3.05, 3.63) is 33.7 Å². The Balaban J connectivity index is 1.61. The summed E-state index contributed by atoms with van der Waals surface area (Å²) in [5.74, 6) is 0.599. The average molecular weight is 416 g/mol. The fourth-order valence-corrected chi connectivity index (χ4v) is 4.83. The van der Waals surface area contributed by atoms with Gasteiger partial charge in [-0.3, -0.25) is 18.8 Å². The molecule has 1 aliphatic heterocycles. The summed E-state index contributed by atoms with van der Waals surface area (Å²) in [7, 11) is 0. The molecule has 0 bridgehead atoms. The lowest BCUT2D eigenvalue weighted by molar-refractivity contribution is -0.131. The van der Waals surface area contributed by atoms with Crippen molar-refractivity contribution in [3.63, 3.8) is 0 Å². The number of fused-ring (bicyclic) bond motifs is 3. The van der Waals surface area contributed by atoms with Crippen LogP contribution in [0.3, 0.4) is 0 Å². The topological polar surface area (TPSA) is 88.7 Å². The third kappa shape index (κ3) is 3.66. The molecule has 9 heteroatoms. The van der Waals surface area contributed by atoms with E-state index in [0.29, 0.717) is 12.1 Å². The molecule has 0 radical (unpaired) electrons. The third-order valence-electron chi connectivity index (χ3n) is 5.36. The lowest BCUT2D eigenvalue weighted by Crippen LogP contribution is -2.50. The number of hydrogen-bond donors (Lipinski definition) is 1. The number of rotatable bonds is 4. The maximum Gasteiger partial charge on any atom is 0.291 e. The lowest BCUT2D eigenvalue weighted by Gasteiger charge is -2.32. The van der Waals surface area contributed by atoms with E-state index >= 15 is 0 Å². The van der Waals surface area contributed by atoms with Crippen LogP contribution < -0.4 is 10.9 Å². The van der Waals surface area contributed by atoms with Gasteiger partial charge >= 0.3 is 0 Å². The first-order chi connectivity index (χ1) is 13.8. The number of aromatic nitrogens is 3. The molecule has 154 valence electrons. The predicted octanol–water partition coefficient (Wildman–Crippen LogP) is 1.96. The molecule has 1 saturated heterocycles. The van der Waals surface area contributed by atoms with Crippen LogP contribution in [-0.4, -0.2) is 50.0 Å². The first-order valence-electron chi connectivity index (χ1n) is 9.89. The zero-order chi connectivity index (χ0) is 20.7. The van der Waals surface area contributed by atoms with Crippen molar-refractivity contribution < 1.29 is 9.59 Å². The monoisotopic (exact) mass is 415 g/mol. The fourth-order valence-electron chi connectivity index (χ4n) is 3.93. The summed E-state index contributed by atoms with van der Waals surface area (Å²) in [5.41, 5.74) is 0.265.